The Hall–Kier alpha value is -3.26. The molecule has 0 aliphatic carbocycles. The maximum atomic E-state index is 13.0. The summed E-state index contributed by atoms with van der Waals surface area (Å²) < 4.78 is 13.0. The van der Waals surface area contributed by atoms with Gasteiger partial charge in [0.05, 0.1) is 0 Å². The first kappa shape index (κ1) is 22.4. The lowest BCUT2D eigenvalue weighted by atomic mass is 10.0. The molecule has 1 nitrogen and oxygen atoms in total. The molecule has 31 heavy (non-hydrogen) atoms. The predicted octanol–water partition coefficient (Wildman–Crippen LogP) is 7.71. The predicted molar refractivity (Wildman–Crippen MR) is 129 cm³/mol. The zero-order valence-corrected chi connectivity index (χ0v) is 17.9. The molecule has 0 aliphatic rings. The Labute approximate surface area is 185 Å². The zero-order chi connectivity index (χ0) is 21.9. The fourth-order valence-corrected chi connectivity index (χ4v) is 3.51. The van der Waals surface area contributed by atoms with E-state index in [0.717, 1.165) is 18.4 Å². The van der Waals surface area contributed by atoms with E-state index in [1.807, 2.05) is 18.2 Å². The second kappa shape index (κ2) is 11.8. The van der Waals surface area contributed by atoms with Gasteiger partial charge in [-0.15, -0.1) is 0 Å². The van der Waals surface area contributed by atoms with Crippen LogP contribution in [0, 0.1) is 5.82 Å². The van der Waals surface area contributed by atoms with Gasteiger partial charge in [0.25, 0.3) is 0 Å². The molecule has 0 spiro atoms. The largest absolute Gasteiger partial charge is 0.289 e. The number of carbonyl (C=O) groups excluding carboxylic acids is 1. The zero-order valence-electron chi connectivity index (χ0n) is 17.9. The highest BCUT2D eigenvalue weighted by Crippen LogP contribution is 2.14. The van der Waals surface area contributed by atoms with Crippen molar-refractivity contribution in [3.8, 4) is 0 Å². The van der Waals surface area contributed by atoms with Gasteiger partial charge in [-0.25, -0.2) is 4.39 Å². The molecule has 0 N–H and O–H groups in total. The Morgan fingerprint density at radius 3 is 1.74 bits per heavy atom. The summed E-state index contributed by atoms with van der Waals surface area (Å²) in [5.41, 5.74) is 5.36. The van der Waals surface area contributed by atoms with Crippen molar-refractivity contribution < 1.29 is 9.18 Å². The van der Waals surface area contributed by atoms with E-state index in [-0.39, 0.29) is 11.6 Å². The maximum absolute atomic E-state index is 13.0. The molecule has 0 unspecified atom stereocenters. The van der Waals surface area contributed by atoms with Gasteiger partial charge in [0, 0.05) is 5.56 Å². The fourth-order valence-electron chi connectivity index (χ4n) is 3.51. The van der Waals surface area contributed by atoms with Gasteiger partial charge in [0.1, 0.15) is 5.82 Å². The molecule has 0 aromatic heterocycles. The van der Waals surface area contributed by atoms with Crippen LogP contribution in [0.15, 0.2) is 85.5 Å². The van der Waals surface area contributed by atoms with Crippen molar-refractivity contribution in [1.82, 2.24) is 0 Å². The Kier molecular flexibility index (Phi) is 8.54. The molecule has 0 atom stereocenters. The van der Waals surface area contributed by atoms with Gasteiger partial charge >= 0.3 is 0 Å². The number of hydrogen-bond acceptors (Lipinski definition) is 1. The van der Waals surface area contributed by atoms with Crippen molar-refractivity contribution in [2.45, 2.75) is 38.5 Å². The minimum atomic E-state index is -0.338. The first-order chi connectivity index (χ1) is 15.1. The van der Waals surface area contributed by atoms with Crippen molar-refractivity contribution in [3.05, 3.63) is 119 Å². The number of carbonyl (C=O) groups is 1. The van der Waals surface area contributed by atoms with E-state index in [9.17, 15) is 9.18 Å². The van der Waals surface area contributed by atoms with Crippen LogP contribution >= 0.6 is 0 Å². The van der Waals surface area contributed by atoms with E-state index in [1.54, 1.807) is 6.08 Å². The second-order valence-corrected chi connectivity index (χ2v) is 7.81. The number of unbranched alkanes of at least 4 members (excludes halogenated alkanes) is 3. The summed E-state index contributed by atoms with van der Waals surface area (Å²) in [6, 6.07) is 22.6. The molecule has 0 radical (unpaired) electrons. The molecular formula is C29H29FO. The Bertz CT molecular complexity index is 996. The third-order valence-electron chi connectivity index (χ3n) is 5.43. The third-order valence-corrected chi connectivity index (χ3v) is 5.43. The highest BCUT2D eigenvalue weighted by atomic mass is 19.1. The van der Waals surface area contributed by atoms with Gasteiger partial charge in [0.15, 0.2) is 5.78 Å². The lowest BCUT2D eigenvalue weighted by Gasteiger charge is -2.04. The summed E-state index contributed by atoms with van der Waals surface area (Å²) in [6.07, 6.45) is 12.3. The number of rotatable bonds is 11. The summed E-state index contributed by atoms with van der Waals surface area (Å²) in [6.45, 7) is 3.79. The van der Waals surface area contributed by atoms with Crippen molar-refractivity contribution in [2.75, 3.05) is 0 Å². The van der Waals surface area contributed by atoms with Crippen LogP contribution in [0.25, 0.3) is 12.2 Å². The topological polar surface area (TPSA) is 17.1 Å². The number of aryl methyl sites for hydroxylation is 2. The van der Waals surface area contributed by atoms with E-state index in [2.05, 4.69) is 43.0 Å². The summed E-state index contributed by atoms with van der Waals surface area (Å²) in [5.74, 6) is -0.463. The number of allylic oxidation sites excluding steroid dienone is 1. The first-order valence-corrected chi connectivity index (χ1v) is 10.9. The number of benzene rings is 3. The minimum Gasteiger partial charge on any atom is -0.289 e. The van der Waals surface area contributed by atoms with E-state index in [0.29, 0.717) is 5.56 Å². The van der Waals surface area contributed by atoms with Gasteiger partial charge < -0.3 is 0 Å². The Morgan fingerprint density at radius 1 is 0.710 bits per heavy atom. The molecule has 3 aromatic carbocycles. The van der Waals surface area contributed by atoms with Crippen LogP contribution in [0.5, 0.6) is 0 Å². The highest BCUT2D eigenvalue weighted by molar-refractivity contribution is 6.06. The summed E-state index contributed by atoms with van der Waals surface area (Å²) in [4.78, 5) is 12.1. The van der Waals surface area contributed by atoms with Gasteiger partial charge in [-0.3, -0.25) is 4.79 Å². The van der Waals surface area contributed by atoms with E-state index >= 15 is 0 Å². The molecule has 158 valence electrons. The van der Waals surface area contributed by atoms with Crippen LogP contribution in [0.1, 0.15) is 58.3 Å². The van der Waals surface area contributed by atoms with Gasteiger partial charge in [-0.05, 0) is 78.3 Å². The average molecular weight is 413 g/mol. The molecule has 0 saturated heterocycles. The number of hydrogen-bond donors (Lipinski definition) is 0. The first-order valence-electron chi connectivity index (χ1n) is 10.9. The van der Waals surface area contributed by atoms with E-state index < -0.39 is 0 Å². The second-order valence-electron chi connectivity index (χ2n) is 7.81. The molecule has 3 aromatic rings. The number of halogens is 1. The van der Waals surface area contributed by atoms with Gasteiger partial charge in [0.2, 0.25) is 0 Å². The monoisotopic (exact) mass is 412 g/mol. The SMILES string of the molecule is C=Cc1ccc(CCCCCCc2ccc(/C=C/C(=O)c3ccc(F)cc3)cc2)cc1. The molecule has 0 aliphatic heterocycles. The van der Waals surface area contributed by atoms with Gasteiger partial charge in [-0.1, -0.05) is 80.1 Å². The fraction of sp³-hybridized carbons (Fsp3) is 0.207. The average Bonchev–Trinajstić information content (AvgIpc) is 2.81. The highest BCUT2D eigenvalue weighted by Gasteiger charge is 2.02. The van der Waals surface area contributed by atoms with Crippen molar-refractivity contribution in [3.63, 3.8) is 0 Å². The molecule has 0 fully saturated rings. The number of ketones is 1. The molecule has 0 amide bonds. The molecule has 2 heteroatoms. The summed E-state index contributed by atoms with van der Waals surface area (Å²) >= 11 is 0. The minimum absolute atomic E-state index is 0.124. The van der Waals surface area contributed by atoms with E-state index in [1.165, 1.54) is 72.7 Å². The third kappa shape index (κ3) is 7.49. The smallest absolute Gasteiger partial charge is 0.185 e. The normalized spacial score (nSPS) is 11.0. The molecule has 0 heterocycles. The van der Waals surface area contributed by atoms with Crippen molar-refractivity contribution in [2.24, 2.45) is 0 Å². The quantitative estimate of drug-likeness (QED) is 0.179. The summed E-state index contributed by atoms with van der Waals surface area (Å²) in [7, 11) is 0. The Morgan fingerprint density at radius 2 is 1.23 bits per heavy atom. The lowest BCUT2D eigenvalue weighted by Crippen LogP contribution is -1.93. The lowest BCUT2D eigenvalue weighted by molar-refractivity contribution is 0.104. The molecule has 3 rings (SSSR count). The van der Waals surface area contributed by atoms with Crippen molar-refractivity contribution in [1.29, 1.82) is 0 Å². The van der Waals surface area contributed by atoms with Crippen LogP contribution in [-0.2, 0) is 12.8 Å². The van der Waals surface area contributed by atoms with Gasteiger partial charge in [-0.2, -0.15) is 0 Å². The standard InChI is InChI=1S/C29H29FO/c1-2-23-9-11-24(12-10-23)7-5-3-4-6-8-25-13-15-26(16-14-25)17-22-29(31)27-18-20-28(30)21-19-27/h2,9-22H,1,3-8H2/b22-17+. The van der Waals surface area contributed by atoms with E-state index in [4.69, 9.17) is 0 Å². The maximum Gasteiger partial charge on any atom is 0.185 e. The van der Waals surface area contributed by atoms with Crippen LogP contribution in [0.3, 0.4) is 0 Å². The molecular weight excluding hydrogens is 383 g/mol. The van der Waals surface area contributed by atoms with Crippen LogP contribution in [-0.4, -0.2) is 5.78 Å². The van der Waals surface area contributed by atoms with Crippen LogP contribution in [0.4, 0.5) is 4.39 Å². The Balaban J connectivity index is 1.35. The molecule has 0 saturated carbocycles. The molecule has 0 bridgehead atoms. The van der Waals surface area contributed by atoms with Crippen LogP contribution in [0.2, 0.25) is 0 Å². The van der Waals surface area contributed by atoms with Crippen molar-refractivity contribution >= 4 is 17.9 Å². The van der Waals surface area contributed by atoms with Crippen LogP contribution < -0.4 is 0 Å². The summed E-state index contributed by atoms with van der Waals surface area (Å²) in [5, 5.41) is 0.